The van der Waals surface area contributed by atoms with Gasteiger partial charge in [0.1, 0.15) is 5.75 Å². The molecule has 0 fully saturated rings. The zero-order chi connectivity index (χ0) is 13.3. The number of hydrogen-bond acceptors (Lipinski definition) is 4. The molecule has 0 unspecified atom stereocenters. The number of nitrogens with one attached hydrogen (secondary N) is 2. The van der Waals surface area contributed by atoms with Crippen molar-refractivity contribution in [3.05, 3.63) is 24.3 Å². The first-order valence-electron chi connectivity index (χ1n) is 5.34. The molecule has 0 aromatic heterocycles. The number of thiocarbonyl (C=S) groups is 1. The Morgan fingerprint density at radius 1 is 1.24 bits per heavy atom. The monoisotopic (exact) mass is 254 g/mol. The molecule has 0 radical (unpaired) electrons. The van der Waals surface area contributed by atoms with Gasteiger partial charge < -0.3 is 10.2 Å². The fourth-order valence-corrected chi connectivity index (χ4v) is 0.942. The average molecular weight is 254 g/mol. The van der Waals surface area contributed by atoms with Crippen LogP contribution in [0, 0.1) is 0 Å². The fraction of sp³-hybridized carbons (Fsp3) is 0.333. The van der Waals surface area contributed by atoms with E-state index in [0.717, 1.165) is 11.4 Å². The van der Waals surface area contributed by atoms with Gasteiger partial charge in [-0.1, -0.05) is 26.1 Å². The Labute approximate surface area is 107 Å². The van der Waals surface area contributed by atoms with Crippen LogP contribution in [0.5, 0.6) is 5.75 Å². The Balaban J connectivity index is 0.00000121. The number of methoxy groups -OCH3 is 1. The molecule has 0 saturated heterocycles. The number of anilines is 1. The van der Waals surface area contributed by atoms with E-state index in [1.807, 2.05) is 26.0 Å². The number of ketones is 1. The summed E-state index contributed by atoms with van der Waals surface area (Å²) in [5.41, 5.74) is 6.24. The summed E-state index contributed by atoms with van der Waals surface area (Å²) in [4.78, 5) is 11.0. The van der Waals surface area contributed by atoms with Gasteiger partial charge in [0.2, 0.25) is 0 Å². The summed E-state index contributed by atoms with van der Waals surface area (Å²) in [6, 6.07) is 7.24. The van der Waals surface area contributed by atoms with E-state index in [1.165, 1.54) is 6.92 Å². The maximum Gasteiger partial charge on any atom is 0.188 e. The third-order valence-electron chi connectivity index (χ3n) is 1.73. The molecule has 5 heteroatoms. The Hall–Kier alpha value is -1.62. The van der Waals surface area contributed by atoms with E-state index >= 15 is 0 Å². The zero-order valence-electron chi connectivity index (χ0n) is 10.5. The number of hydrazine groups is 1. The molecule has 0 atom stereocenters. The van der Waals surface area contributed by atoms with Crippen molar-refractivity contribution in [3.8, 4) is 5.75 Å². The lowest BCUT2D eigenvalue weighted by atomic mass is 10.3. The lowest BCUT2D eigenvalue weighted by molar-refractivity contribution is -0.111. The van der Waals surface area contributed by atoms with E-state index in [1.54, 1.807) is 19.2 Å². The van der Waals surface area contributed by atoms with Gasteiger partial charge >= 0.3 is 0 Å². The highest BCUT2D eigenvalue weighted by atomic mass is 32.1. The zero-order valence-corrected chi connectivity index (χ0v) is 11.4. The maximum absolute atomic E-state index is 10.8. The predicted octanol–water partition coefficient (Wildman–Crippen LogP) is 2.55. The highest BCUT2D eigenvalue weighted by Crippen LogP contribution is 2.13. The molecular formula is C12H18N2O2S. The smallest absolute Gasteiger partial charge is 0.188 e. The third kappa shape index (κ3) is 5.87. The lowest BCUT2D eigenvalue weighted by Gasteiger charge is -2.08. The van der Waals surface area contributed by atoms with E-state index in [-0.39, 0.29) is 10.8 Å². The molecule has 1 aromatic rings. The lowest BCUT2D eigenvalue weighted by Crippen LogP contribution is -2.32. The minimum atomic E-state index is -0.175. The predicted molar refractivity (Wildman–Crippen MR) is 74.4 cm³/mol. The van der Waals surface area contributed by atoms with E-state index < -0.39 is 0 Å². The molecule has 4 nitrogen and oxygen atoms in total. The Kier molecular flexibility index (Phi) is 7.71. The summed E-state index contributed by atoms with van der Waals surface area (Å²) < 4.78 is 5.00. The van der Waals surface area contributed by atoms with Crippen LogP contribution in [0.3, 0.4) is 0 Å². The van der Waals surface area contributed by atoms with Crippen molar-refractivity contribution in [2.24, 2.45) is 0 Å². The summed E-state index contributed by atoms with van der Waals surface area (Å²) >= 11 is 4.78. The molecule has 0 aliphatic heterocycles. The average Bonchev–Trinajstić information content (AvgIpc) is 2.38. The molecule has 94 valence electrons. The topological polar surface area (TPSA) is 50.4 Å². The number of rotatable bonds is 4. The van der Waals surface area contributed by atoms with Crippen LogP contribution in [-0.2, 0) is 4.79 Å². The normalized spacial score (nSPS) is 8.47. The number of benzene rings is 1. The Bertz CT molecular complexity index is 363. The molecule has 17 heavy (non-hydrogen) atoms. The van der Waals surface area contributed by atoms with Gasteiger partial charge in [0.25, 0.3) is 0 Å². The summed E-state index contributed by atoms with van der Waals surface area (Å²) in [7, 11) is 1.60. The van der Waals surface area contributed by atoms with Gasteiger partial charge in [-0.05, 0) is 24.3 Å². The molecule has 0 heterocycles. The van der Waals surface area contributed by atoms with Crippen LogP contribution in [0.2, 0.25) is 0 Å². The largest absolute Gasteiger partial charge is 0.497 e. The third-order valence-corrected chi connectivity index (χ3v) is 2.12. The van der Waals surface area contributed by atoms with Crippen LogP contribution in [-0.4, -0.2) is 17.9 Å². The summed E-state index contributed by atoms with van der Waals surface area (Å²) in [6.45, 7) is 5.41. The van der Waals surface area contributed by atoms with Gasteiger partial charge in [0.05, 0.1) is 12.8 Å². The van der Waals surface area contributed by atoms with Gasteiger partial charge in [-0.25, -0.2) is 0 Å². The van der Waals surface area contributed by atoms with E-state index in [2.05, 4.69) is 10.9 Å². The molecule has 0 bridgehead atoms. The molecule has 0 amide bonds. The minimum absolute atomic E-state index is 0.158. The van der Waals surface area contributed by atoms with Crippen molar-refractivity contribution in [1.82, 2.24) is 5.43 Å². The second-order valence-corrected chi connectivity index (χ2v) is 3.27. The highest BCUT2D eigenvalue weighted by molar-refractivity contribution is 7.82. The number of carbonyl (C=O) groups is 1. The molecule has 1 aromatic carbocycles. The van der Waals surface area contributed by atoms with Gasteiger partial charge in [0.15, 0.2) is 10.8 Å². The molecule has 2 N–H and O–H groups in total. The SMILES string of the molecule is CC.COc1ccc(NNC(=S)C(C)=O)cc1. The van der Waals surface area contributed by atoms with Crippen LogP contribution >= 0.6 is 12.2 Å². The maximum atomic E-state index is 10.8. The highest BCUT2D eigenvalue weighted by Gasteiger charge is 2.00. The standard InChI is InChI=1S/C10H12N2O2S.C2H6/c1-7(13)10(15)12-11-8-3-5-9(14-2)6-4-8;1-2/h3-6,11H,1-2H3,(H,12,15);1-2H3. The van der Waals surface area contributed by atoms with Crippen molar-refractivity contribution < 1.29 is 9.53 Å². The molecule has 1 rings (SSSR count). The summed E-state index contributed by atoms with van der Waals surface area (Å²) in [6.07, 6.45) is 0. The number of carbonyl (C=O) groups excluding carboxylic acids is 1. The number of hydrogen-bond donors (Lipinski definition) is 2. The Morgan fingerprint density at radius 2 is 1.76 bits per heavy atom. The first-order chi connectivity index (χ1) is 8.13. The molecule has 0 aliphatic rings. The molecule has 0 aliphatic carbocycles. The van der Waals surface area contributed by atoms with E-state index in [4.69, 9.17) is 17.0 Å². The Morgan fingerprint density at radius 3 is 2.18 bits per heavy atom. The second kappa shape index (κ2) is 8.52. The first kappa shape index (κ1) is 15.4. The summed E-state index contributed by atoms with van der Waals surface area (Å²) in [5, 5.41) is 0. The van der Waals surface area contributed by atoms with Gasteiger partial charge in [0, 0.05) is 6.92 Å². The van der Waals surface area contributed by atoms with E-state index in [0.29, 0.717) is 0 Å². The second-order valence-electron chi connectivity index (χ2n) is 2.86. The van der Waals surface area contributed by atoms with Crippen LogP contribution in [0.1, 0.15) is 20.8 Å². The van der Waals surface area contributed by atoms with Crippen molar-refractivity contribution in [2.75, 3.05) is 12.5 Å². The van der Waals surface area contributed by atoms with Crippen molar-refractivity contribution >= 4 is 28.7 Å². The van der Waals surface area contributed by atoms with Crippen LogP contribution in [0.15, 0.2) is 24.3 Å². The number of ether oxygens (including phenoxy) is 1. The molecule has 0 saturated carbocycles. The molecule has 0 spiro atoms. The quantitative estimate of drug-likeness (QED) is 0.639. The van der Waals surface area contributed by atoms with Crippen LogP contribution < -0.4 is 15.6 Å². The summed E-state index contributed by atoms with van der Waals surface area (Å²) in [5.74, 6) is 0.598. The first-order valence-corrected chi connectivity index (χ1v) is 5.75. The van der Waals surface area contributed by atoms with Crippen molar-refractivity contribution in [2.45, 2.75) is 20.8 Å². The number of Topliss-reactive ketones (excluding diaryl/α,β-unsaturated/α-hetero) is 1. The van der Waals surface area contributed by atoms with Crippen LogP contribution in [0.4, 0.5) is 5.69 Å². The van der Waals surface area contributed by atoms with Gasteiger partial charge in [-0.3, -0.25) is 10.2 Å². The fourth-order valence-electron chi connectivity index (χ4n) is 0.891. The van der Waals surface area contributed by atoms with Gasteiger partial charge in [-0.2, -0.15) is 0 Å². The van der Waals surface area contributed by atoms with Crippen molar-refractivity contribution in [1.29, 1.82) is 0 Å². The van der Waals surface area contributed by atoms with E-state index in [9.17, 15) is 4.79 Å². The van der Waals surface area contributed by atoms with Crippen molar-refractivity contribution in [3.63, 3.8) is 0 Å². The minimum Gasteiger partial charge on any atom is -0.497 e. The van der Waals surface area contributed by atoms with Gasteiger partial charge in [-0.15, -0.1) is 0 Å². The molecular weight excluding hydrogens is 236 g/mol. The van der Waals surface area contributed by atoms with Crippen LogP contribution in [0.25, 0.3) is 0 Å².